The van der Waals surface area contributed by atoms with E-state index in [4.69, 9.17) is 27.9 Å². The van der Waals surface area contributed by atoms with Gasteiger partial charge < -0.3 is 9.84 Å². The third-order valence-electron chi connectivity index (χ3n) is 2.28. The lowest BCUT2D eigenvalue weighted by molar-refractivity contribution is -0.176. The fourth-order valence-electron chi connectivity index (χ4n) is 1.46. The van der Waals surface area contributed by atoms with Gasteiger partial charge in [0.05, 0.1) is 13.2 Å². The molecule has 1 aromatic rings. The number of benzene rings is 1. The van der Waals surface area contributed by atoms with Gasteiger partial charge in [-0.25, -0.2) is 0 Å². The van der Waals surface area contributed by atoms with Crippen LogP contribution in [0.1, 0.15) is 5.56 Å². The normalized spacial score (nSPS) is 19.1. The molecule has 2 nitrogen and oxygen atoms in total. The molecule has 0 atom stereocenters. The molecule has 0 bridgehead atoms. The zero-order valence-electron chi connectivity index (χ0n) is 7.46. The summed E-state index contributed by atoms with van der Waals surface area (Å²) in [6.07, 6.45) is 0.517. The van der Waals surface area contributed by atoms with Crippen LogP contribution in [0.3, 0.4) is 0 Å². The van der Waals surface area contributed by atoms with Gasteiger partial charge in [0.2, 0.25) is 0 Å². The SMILES string of the molecule is OC1(Cc2ccc(Cl)cc2Cl)COC1. The highest BCUT2D eigenvalue weighted by Crippen LogP contribution is 2.28. The highest BCUT2D eigenvalue weighted by molar-refractivity contribution is 6.35. The summed E-state index contributed by atoms with van der Waals surface area (Å²) in [4.78, 5) is 0. The number of hydrogen-bond acceptors (Lipinski definition) is 2. The van der Waals surface area contributed by atoms with E-state index in [0.29, 0.717) is 29.7 Å². The van der Waals surface area contributed by atoms with Gasteiger partial charge in [0, 0.05) is 16.5 Å². The molecule has 0 saturated carbocycles. The Balaban J connectivity index is 2.16. The molecule has 1 heterocycles. The maximum absolute atomic E-state index is 9.84. The molecule has 0 aliphatic carbocycles. The maximum atomic E-state index is 9.84. The van der Waals surface area contributed by atoms with Gasteiger partial charge in [-0.05, 0) is 17.7 Å². The van der Waals surface area contributed by atoms with Crippen molar-refractivity contribution in [1.82, 2.24) is 0 Å². The number of halogens is 2. The Labute approximate surface area is 92.4 Å². The molecule has 4 heteroatoms. The van der Waals surface area contributed by atoms with E-state index in [9.17, 15) is 5.11 Å². The Morgan fingerprint density at radius 2 is 2.07 bits per heavy atom. The van der Waals surface area contributed by atoms with Crippen molar-refractivity contribution in [3.8, 4) is 0 Å². The molecule has 0 unspecified atom stereocenters. The first kappa shape index (κ1) is 10.2. The van der Waals surface area contributed by atoms with Crippen LogP contribution in [0.25, 0.3) is 0 Å². The van der Waals surface area contributed by atoms with Crippen molar-refractivity contribution in [3.05, 3.63) is 33.8 Å². The number of rotatable bonds is 2. The molecule has 1 aliphatic rings. The molecule has 0 aromatic heterocycles. The Kier molecular flexibility index (Phi) is 2.71. The molecule has 1 N–H and O–H groups in total. The van der Waals surface area contributed by atoms with E-state index in [1.807, 2.05) is 6.07 Å². The molecule has 1 fully saturated rings. The molecule has 1 aromatic carbocycles. The second-order valence-corrected chi connectivity index (χ2v) is 4.47. The van der Waals surface area contributed by atoms with Crippen molar-refractivity contribution in [1.29, 1.82) is 0 Å². The quantitative estimate of drug-likeness (QED) is 0.849. The maximum Gasteiger partial charge on any atom is 0.115 e. The molecule has 76 valence electrons. The zero-order valence-corrected chi connectivity index (χ0v) is 8.98. The summed E-state index contributed by atoms with van der Waals surface area (Å²) in [5.41, 5.74) is 0.166. The Hall–Kier alpha value is -0.280. The second-order valence-electron chi connectivity index (χ2n) is 3.63. The minimum Gasteiger partial charge on any atom is -0.385 e. The third kappa shape index (κ3) is 2.04. The Bertz CT molecular complexity index is 348. The number of aliphatic hydroxyl groups is 1. The lowest BCUT2D eigenvalue weighted by atomic mass is 9.93. The molecule has 0 amide bonds. The fourth-order valence-corrected chi connectivity index (χ4v) is 1.93. The lowest BCUT2D eigenvalue weighted by Crippen LogP contribution is -2.51. The largest absolute Gasteiger partial charge is 0.385 e. The topological polar surface area (TPSA) is 29.5 Å². The Morgan fingerprint density at radius 3 is 2.57 bits per heavy atom. The van der Waals surface area contributed by atoms with E-state index in [0.717, 1.165) is 5.56 Å². The predicted octanol–water partition coefficient (Wildman–Crippen LogP) is 2.30. The van der Waals surface area contributed by atoms with Crippen molar-refractivity contribution in [3.63, 3.8) is 0 Å². The summed E-state index contributed by atoms with van der Waals surface area (Å²) < 4.78 is 4.95. The summed E-state index contributed by atoms with van der Waals surface area (Å²) >= 11 is 11.7. The molecule has 14 heavy (non-hydrogen) atoms. The van der Waals surface area contributed by atoms with E-state index in [1.165, 1.54) is 0 Å². The zero-order chi connectivity index (χ0) is 10.2. The van der Waals surface area contributed by atoms with Crippen LogP contribution in [-0.4, -0.2) is 23.9 Å². The van der Waals surface area contributed by atoms with Gasteiger partial charge in [0.15, 0.2) is 0 Å². The van der Waals surface area contributed by atoms with Gasteiger partial charge in [0.25, 0.3) is 0 Å². The van der Waals surface area contributed by atoms with Crippen LogP contribution in [0.15, 0.2) is 18.2 Å². The van der Waals surface area contributed by atoms with Gasteiger partial charge in [-0.15, -0.1) is 0 Å². The van der Waals surface area contributed by atoms with Gasteiger partial charge in [-0.1, -0.05) is 29.3 Å². The van der Waals surface area contributed by atoms with Crippen LogP contribution in [-0.2, 0) is 11.2 Å². The van der Waals surface area contributed by atoms with Crippen molar-refractivity contribution >= 4 is 23.2 Å². The average Bonchev–Trinajstić information content (AvgIpc) is 2.07. The molecule has 2 rings (SSSR count). The lowest BCUT2D eigenvalue weighted by Gasteiger charge is -2.36. The highest BCUT2D eigenvalue weighted by atomic mass is 35.5. The first-order valence-corrected chi connectivity index (χ1v) is 5.09. The van der Waals surface area contributed by atoms with Crippen molar-refractivity contribution in [2.45, 2.75) is 12.0 Å². The standard InChI is InChI=1S/C10H10Cl2O2/c11-8-2-1-7(9(12)3-8)4-10(13)5-14-6-10/h1-3,13H,4-6H2. The van der Waals surface area contributed by atoms with E-state index in [1.54, 1.807) is 12.1 Å². The number of hydrogen-bond donors (Lipinski definition) is 1. The summed E-state index contributed by atoms with van der Waals surface area (Å²) in [5.74, 6) is 0. The Morgan fingerprint density at radius 1 is 1.36 bits per heavy atom. The monoisotopic (exact) mass is 232 g/mol. The van der Waals surface area contributed by atoms with Gasteiger partial charge >= 0.3 is 0 Å². The summed E-state index contributed by atoms with van der Waals surface area (Å²) in [6.45, 7) is 0.762. The predicted molar refractivity (Wildman–Crippen MR) is 55.9 cm³/mol. The van der Waals surface area contributed by atoms with Crippen LogP contribution < -0.4 is 0 Å². The summed E-state index contributed by atoms with van der Waals surface area (Å²) in [5, 5.41) is 11.0. The molecular weight excluding hydrogens is 223 g/mol. The minimum absolute atomic E-state index is 0.381. The van der Waals surface area contributed by atoms with Gasteiger partial charge in [-0.2, -0.15) is 0 Å². The summed E-state index contributed by atoms with van der Waals surface area (Å²) in [7, 11) is 0. The fraction of sp³-hybridized carbons (Fsp3) is 0.400. The smallest absolute Gasteiger partial charge is 0.115 e. The molecular formula is C10H10Cl2O2. The van der Waals surface area contributed by atoms with Crippen molar-refractivity contribution in [2.24, 2.45) is 0 Å². The first-order chi connectivity index (χ1) is 6.59. The highest BCUT2D eigenvalue weighted by Gasteiger charge is 2.36. The minimum atomic E-state index is -0.739. The van der Waals surface area contributed by atoms with Crippen LogP contribution in [0.5, 0.6) is 0 Å². The average molecular weight is 233 g/mol. The van der Waals surface area contributed by atoms with E-state index in [2.05, 4.69) is 0 Å². The third-order valence-corrected chi connectivity index (χ3v) is 2.86. The van der Waals surface area contributed by atoms with Crippen molar-refractivity contribution in [2.75, 3.05) is 13.2 Å². The van der Waals surface area contributed by atoms with Crippen LogP contribution in [0.4, 0.5) is 0 Å². The molecule has 1 saturated heterocycles. The van der Waals surface area contributed by atoms with E-state index >= 15 is 0 Å². The second kappa shape index (κ2) is 3.70. The molecule has 0 radical (unpaired) electrons. The summed E-state index contributed by atoms with van der Waals surface area (Å²) in [6, 6.07) is 5.29. The first-order valence-electron chi connectivity index (χ1n) is 4.33. The van der Waals surface area contributed by atoms with Crippen molar-refractivity contribution < 1.29 is 9.84 Å². The van der Waals surface area contributed by atoms with Crippen LogP contribution in [0, 0.1) is 0 Å². The van der Waals surface area contributed by atoms with E-state index in [-0.39, 0.29) is 0 Å². The number of ether oxygens (including phenoxy) is 1. The van der Waals surface area contributed by atoms with Crippen LogP contribution in [0.2, 0.25) is 10.0 Å². The molecule has 0 spiro atoms. The van der Waals surface area contributed by atoms with Crippen LogP contribution >= 0.6 is 23.2 Å². The molecule has 1 aliphatic heterocycles. The van der Waals surface area contributed by atoms with Gasteiger partial charge in [-0.3, -0.25) is 0 Å². The van der Waals surface area contributed by atoms with Gasteiger partial charge in [0.1, 0.15) is 5.60 Å². The van der Waals surface area contributed by atoms with E-state index < -0.39 is 5.60 Å².